The highest BCUT2D eigenvalue weighted by atomic mass is 32.2. The Balaban J connectivity index is 2.54. The summed E-state index contributed by atoms with van der Waals surface area (Å²) in [5, 5.41) is 0.572. The molecule has 0 radical (unpaired) electrons. The Morgan fingerprint density at radius 3 is 3.00 bits per heavy atom. The van der Waals surface area contributed by atoms with Crippen LogP contribution in [0.3, 0.4) is 0 Å². The fourth-order valence-corrected chi connectivity index (χ4v) is 2.70. The van der Waals surface area contributed by atoms with Gasteiger partial charge in [0.2, 0.25) is 0 Å². The zero-order valence-electron chi connectivity index (χ0n) is 8.73. The van der Waals surface area contributed by atoms with Gasteiger partial charge in [-0.2, -0.15) is 11.8 Å². The minimum atomic E-state index is -0.261. The highest BCUT2D eigenvalue weighted by Gasteiger charge is 2.28. The van der Waals surface area contributed by atoms with Crippen LogP contribution in [0.4, 0.5) is 0 Å². The van der Waals surface area contributed by atoms with Gasteiger partial charge in [0.25, 0.3) is 0 Å². The predicted octanol–water partition coefficient (Wildman–Crippen LogP) is -0.0760. The summed E-state index contributed by atoms with van der Waals surface area (Å²) in [4.78, 5) is 13.5. The lowest BCUT2D eigenvalue weighted by molar-refractivity contribution is -0.146. The molecule has 1 aliphatic heterocycles. The van der Waals surface area contributed by atoms with E-state index < -0.39 is 0 Å². The molecule has 82 valence electrons. The minimum absolute atomic E-state index is 0.216. The van der Waals surface area contributed by atoms with E-state index in [0.29, 0.717) is 11.8 Å². The fraction of sp³-hybridized carbons (Fsp3) is 0.889. The summed E-state index contributed by atoms with van der Waals surface area (Å²) >= 11 is 1.93. The van der Waals surface area contributed by atoms with Crippen molar-refractivity contribution in [3.8, 4) is 0 Å². The third-order valence-corrected chi connectivity index (χ3v) is 3.55. The summed E-state index contributed by atoms with van der Waals surface area (Å²) in [5.74, 6) is 0.848. The Morgan fingerprint density at radius 2 is 2.50 bits per heavy atom. The van der Waals surface area contributed by atoms with Crippen molar-refractivity contribution in [3.05, 3.63) is 0 Å². The smallest absolute Gasteiger partial charge is 0.324 e. The second-order valence-electron chi connectivity index (χ2n) is 3.45. The molecule has 2 atom stereocenters. The molecular formula is C9H18N2O2S. The van der Waals surface area contributed by atoms with Crippen LogP contribution in [0.2, 0.25) is 0 Å². The topological polar surface area (TPSA) is 55.6 Å². The molecular weight excluding hydrogens is 200 g/mol. The molecule has 0 saturated carbocycles. The van der Waals surface area contributed by atoms with Crippen molar-refractivity contribution in [1.82, 2.24) is 4.90 Å². The maximum absolute atomic E-state index is 11.4. The molecule has 0 bridgehead atoms. The molecule has 0 spiro atoms. The molecule has 0 aromatic rings. The summed E-state index contributed by atoms with van der Waals surface area (Å²) in [6.07, 6.45) is 0. The van der Waals surface area contributed by atoms with E-state index >= 15 is 0 Å². The van der Waals surface area contributed by atoms with Gasteiger partial charge >= 0.3 is 5.97 Å². The monoisotopic (exact) mass is 218 g/mol. The SMILES string of the molecule is COC(=O)C(CN)N1CCSC(C)C1. The van der Waals surface area contributed by atoms with Crippen LogP contribution in [0.25, 0.3) is 0 Å². The van der Waals surface area contributed by atoms with Gasteiger partial charge in [-0.05, 0) is 0 Å². The largest absolute Gasteiger partial charge is 0.468 e. The number of hydrogen-bond acceptors (Lipinski definition) is 5. The van der Waals surface area contributed by atoms with Crippen molar-refractivity contribution >= 4 is 17.7 Å². The van der Waals surface area contributed by atoms with Crippen LogP contribution < -0.4 is 5.73 Å². The molecule has 5 heteroatoms. The molecule has 0 aromatic carbocycles. The number of nitrogens with two attached hydrogens (primary N) is 1. The third kappa shape index (κ3) is 2.87. The number of ether oxygens (including phenoxy) is 1. The normalized spacial score (nSPS) is 25.8. The Bertz CT molecular complexity index is 201. The fourth-order valence-electron chi connectivity index (χ4n) is 1.66. The Hall–Kier alpha value is -0.260. The lowest BCUT2D eigenvalue weighted by atomic mass is 10.2. The van der Waals surface area contributed by atoms with E-state index in [1.807, 2.05) is 11.8 Å². The predicted molar refractivity (Wildman–Crippen MR) is 58.4 cm³/mol. The van der Waals surface area contributed by atoms with Crippen LogP contribution in [0.5, 0.6) is 0 Å². The average Bonchev–Trinajstić information content (AvgIpc) is 2.19. The van der Waals surface area contributed by atoms with Crippen molar-refractivity contribution in [2.24, 2.45) is 5.73 Å². The lowest BCUT2D eigenvalue weighted by Gasteiger charge is -2.34. The van der Waals surface area contributed by atoms with E-state index in [1.165, 1.54) is 7.11 Å². The highest BCUT2D eigenvalue weighted by Crippen LogP contribution is 2.19. The van der Waals surface area contributed by atoms with E-state index in [4.69, 9.17) is 10.5 Å². The van der Waals surface area contributed by atoms with E-state index in [1.54, 1.807) is 0 Å². The molecule has 0 amide bonds. The highest BCUT2D eigenvalue weighted by molar-refractivity contribution is 7.99. The van der Waals surface area contributed by atoms with Crippen LogP contribution in [-0.4, -0.2) is 54.7 Å². The number of esters is 1. The van der Waals surface area contributed by atoms with Crippen molar-refractivity contribution in [2.75, 3.05) is 32.5 Å². The van der Waals surface area contributed by atoms with Gasteiger partial charge in [-0.25, -0.2) is 0 Å². The quantitative estimate of drug-likeness (QED) is 0.672. The van der Waals surface area contributed by atoms with Gasteiger partial charge in [0.15, 0.2) is 0 Å². The summed E-state index contributed by atoms with van der Waals surface area (Å²) in [5.41, 5.74) is 5.58. The van der Waals surface area contributed by atoms with Gasteiger partial charge < -0.3 is 10.5 Å². The Morgan fingerprint density at radius 1 is 1.79 bits per heavy atom. The summed E-state index contributed by atoms with van der Waals surface area (Å²) in [6.45, 7) is 4.35. The molecule has 2 unspecified atom stereocenters. The molecule has 0 aliphatic carbocycles. The van der Waals surface area contributed by atoms with Gasteiger partial charge in [0.05, 0.1) is 7.11 Å². The van der Waals surface area contributed by atoms with Crippen LogP contribution in [0, 0.1) is 0 Å². The number of hydrogen-bond donors (Lipinski definition) is 1. The lowest BCUT2D eigenvalue weighted by Crippen LogP contribution is -2.51. The zero-order chi connectivity index (χ0) is 10.6. The first-order valence-corrected chi connectivity index (χ1v) is 5.87. The van der Waals surface area contributed by atoms with E-state index in [9.17, 15) is 4.79 Å². The van der Waals surface area contributed by atoms with Crippen molar-refractivity contribution in [1.29, 1.82) is 0 Å². The molecule has 2 N–H and O–H groups in total. The second kappa shape index (κ2) is 5.58. The van der Waals surface area contributed by atoms with Gasteiger partial charge in [0.1, 0.15) is 6.04 Å². The molecule has 14 heavy (non-hydrogen) atoms. The van der Waals surface area contributed by atoms with Crippen LogP contribution >= 0.6 is 11.8 Å². The van der Waals surface area contributed by atoms with Crippen molar-refractivity contribution in [3.63, 3.8) is 0 Å². The maximum atomic E-state index is 11.4. The molecule has 1 fully saturated rings. The number of rotatable bonds is 3. The summed E-state index contributed by atoms with van der Waals surface area (Å²) in [6, 6.07) is -0.261. The second-order valence-corrected chi connectivity index (χ2v) is 5.00. The summed E-state index contributed by atoms with van der Waals surface area (Å²) < 4.78 is 4.72. The number of nitrogens with zero attached hydrogens (tertiary/aromatic N) is 1. The first-order valence-electron chi connectivity index (χ1n) is 4.82. The van der Waals surface area contributed by atoms with Gasteiger partial charge in [-0.15, -0.1) is 0 Å². The number of methoxy groups -OCH3 is 1. The van der Waals surface area contributed by atoms with Crippen molar-refractivity contribution < 1.29 is 9.53 Å². The Labute approximate surface area is 89.2 Å². The van der Waals surface area contributed by atoms with Crippen LogP contribution in [0.15, 0.2) is 0 Å². The first kappa shape index (κ1) is 11.8. The van der Waals surface area contributed by atoms with Crippen LogP contribution in [-0.2, 0) is 9.53 Å². The molecule has 1 aliphatic rings. The van der Waals surface area contributed by atoms with Gasteiger partial charge in [-0.3, -0.25) is 9.69 Å². The molecule has 1 rings (SSSR count). The number of thioether (sulfide) groups is 1. The van der Waals surface area contributed by atoms with Gasteiger partial charge in [-0.1, -0.05) is 6.92 Å². The standard InChI is InChI=1S/C9H18N2O2S/c1-7-6-11(3-4-14-7)8(5-10)9(12)13-2/h7-8H,3-6,10H2,1-2H3. The molecule has 0 aromatic heterocycles. The molecule has 1 heterocycles. The summed E-state index contributed by atoms with van der Waals surface area (Å²) in [7, 11) is 1.41. The van der Waals surface area contributed by atoms with Crippen LogP contribution in [0.1, 0.15) is 6.92 Å². The first-order chi connectivity index (χ1) is 6.69. The van der Waals surface area contributed by atoms with Crippen molar-refractivity contribution in [2.45, 2.75) is 18.2 Å². The third-order valence-electron chi connectivity index (χ3n) is 2.41. The van der Waals surface area contributed by atoms with E-state index in [-0.39, 0.29) is 12.0 Å². The van der Waals surface area contributed by atoms with E-state index in [0.717, 1.165) is 18.8 Å². The van der Waals surface area contributed by atoms with Gasteiger partial charge in [0, 0.05) is 30.6 Å². The maximum Gasteiger partial charge on any atom is 0.324 e. The molecule has 4 nitrogen and oxygen atoms in total. The molecule has 1 saturated heterocycles. The van der Waals surface area contributed by atoms with E-state index in [2.05, 4.69) is 11.8 Å². The number of carbonyl (C=O) groups is 1. The zero-order valence-corrected chi connectivity index (χ0v) is 9.55. The average molecular weight is 218 g/mol. The number of carbonyl (C=O) groups excluding carboxylic acids is 1. The Kier molecular flexibility index (Phi) is 4.71. The minimum Gasteiger partial charge on any atom is -0.468 e.